The van der Waals surface area contributed by atoms with Crippen LogP contribution in [0.15, 0.2) is 36.4 Å². The third kappa shape index (κ3) is 2.72. The summed E-state index contributed by atoms with van der Waals surface area (Å²) in [5.41, 5.74) is 6.07. The minimum absolute atomic E-state index is 0.0464. The fourth-order valence-electron chi connectivity index (χ4n) is 1.75. The highest BCUT2D eigenvalue weighted by Crippen LogP contribution is 2.25. The van der Waals surface area contributed by atoms with Gasteiger partial charge in [-0.2, -0.15) is 0 Å². The number of amides is 1. The molecule has 0 aliphatic carbocycles. The largest absolute Gasteiger partial charge is 0.399 e. The van der Waals surface area contributed by atoms with Crippen LogP contribution >= 0.6 is 11.6 Å². The van der Waals surface area contributed by atoms with Crippen molar-refractivity contribution < 1.29 is 13.6 Å². The molecule has 20 heavy (non-hydrogen) atoms. The summed E-state index contributed by atoms with van der Waals surface area (Å²) in [7, 11) is 1.37. The zero-order chi connectivity index (χ0) is 14.9. The first-order valence-electron chi connectivity index (χ1n) is 5.68. The molecular weight excluding hydrogens is 286 g/mol. The third-order valence-electron chi connectivity index (χ3n) is 2.80. The van der Waals surface area contributed by atoms with E-state index in [0.29, 0.717) is 11.8 Å². The van der Waals surface area contributed by atoms with Crippen LogP contribution < -0.4 is 10.6 Å². The van der Waals surface area contributed by atoms with E-state index in [4.69, 9.17) is 17.3 Å². The van der Waals surface area contributed by atoms with Crippen LogP contribution in [0.4, 0.5) is 20.2 Å². The Balaban J connectivity index is 2.40. The molecule has 0 saturated heterocycles. The van der Waals surface area contributed by atoms with Crippen LogP contribution in [0.3, 0.4) is 0 Å². The van der Waals surface area contributed by atoms with Crippen molar-refractivity contribution in [3.8, 4) is 0 Å². The van der Waals surface area contributed by atoms with E-state index in [-0.39, 0.29) is 16.3 Å². The fourth-order valence-corrected chi connectivity index (χ4v) is 1.95. The Morgan fingerprint density at radius 2 is 1.90 bits per heavy atom. The molecule has 0 aliphatic heterocycles. The number of benzene rings is 2. The van der Waals surface area contributed by atoms with Gasteiger partial charge in [0.15, 0.2) is 0 Å². The zero-order valence-corrected chi connectivity index (χ0v) is 11.3. The van der Waals surface area contributed by atoms with Gasteiger partial charge in [-0.15, -0.1) is 0 Å². The fraction of sp³-hybridized carbons (Fsp3) is 0.0714. The van der Waals surface area contributed by atoms with E-state index in [1.807, 2.05) is 0 Å². The Kier molecular flexibility index (Phi) is 3.90. The van der Waals surface area contributed by atoms with Gasteiger partial charge in [-0.3, -0.25) is 4.79 Å². The number of carbonyl (C=O) groups excluding carboxylic acids is 1. The molecule has 0 saturated carbocycles. The van der Waals surface area contributed by atoms with Gasteiger partial charge < -0.3 is 10.6 Å². The predicted molar refractivity (Wildman–Crippen MR) is 75.0 cm³/mol. The van der Waals surface area contributed by atoms with Crippen molar-refractivity contribution in [2.24, 2.45) is 0 Å². The molecule has 2 aromatic rings. The van der Waals surface area contributed by atoms with Crippen LogP contribution in [0.2, 0.25) is 5.02 Å². The van der Waals surface area contributed by atoms with Crippen molar-refractivity contribution in [3.05, 3.63) is 58.6 Å². The van der Waals surface area contributed by atoms with Crippen LogP contribution in [0.5, 0.6) is 0 Å². The van der Waals surface area contributed by atoms with Crippen LogP contribution in [0.1, 0.15) is 10.4 Å². The van der Waals surface area contributed by atoms with Crippen LogP contribution in [-0.2, 0) is 0 Å². The lowest BCUT2D eigenvalue weighted by Gasteiger charge is -2.19. The normalized spacial score (nSPS) is 10.4. The van der Waals surface area contributed by atoms with Gasteiger partial charge in [0.25, 0.3) is 5.91 Å². The van der Waals surface area contributed by atoms with Gasteiger partial charge in [0.05, 0.1) is 16.3 Å². The van der Waals surface area contributed by atoms with Gasteiger partial charge in [0.1, 0.15) is 11.6 Å². The standard InChI is InChI=1S/C14H11ClF2N2O/c1-19(13-5-2-8(16)6-12(13)17)14(20)10-7-9(18)3-4-11(10)15/h2-7H,18H2,1H3. The first-order valence-corrected chi connectivity index (χ1v) is 6.06. The summed E-state index contributed by atoms with van der Waals surface area (Å²) in [6.45, 7) is 0. The second-order valence-corrected chi connectivity index (χ2v) is 4.61. The van der Waals surface area contributed by atoms with Crippen LogP contribution in [0, 0.1) is 11.6 Å². The van der Waals surface area contributed by atoms with E-state index in [9.17, 15) is 13.6 Å². The molecule has 2 rings (SSSR count). The first-order chi connectivity index (χ1) is 9.40. The topological polar surface area (TPSA) is 46.3 Å². The Bertz CT molecular complexity index is 676. The number of carbonyl (C=O) groups is 1. The second-order valence-electron chi connectivity index (χ2n) is 4.20. The molecule has 6 heteroatoms. The quantitative estimate of drug-likeness (QED) is 0.863. The Morgan fingerprint density at radius 3 is 2.55 bits per heavy atom. The molecule has 104 valence electrons. The van der Waals surface area contributed by atoms with E-state index in [1.165, 1.54) is 25.2 Å². The third-order valence-corrected chi connectivity index (χ3v) is 3.13. The van der Waals surface area contributed by atoms with Gasteiger partial charge >= 0.3 is 0 Å². The van der Waals surface area contributed by atoms with Crippen molar-refractivity contribution in [1.82, 2.24) is 0 Å². The monoisotopic (exact) mass is 296 g/mol. The minimum atomic E-state index is -0.833. The summed E-state index contributed by atoms with van der Waals surface area (Å²) < 4.78 is 26.5. The average molecular weight is 297 g/mol. The highest BCUT2D eigenvalue weighted by atomic mass is 35.5. The number of rotatable bonds is 2. The van der Waals surface area contributed by atoms with Crippen molar-refractivity contribution >= 4 is 28.9 Å². The van der Waals surface area contributed by atoms with Crippen molar-refractivity contribution in [2.45, 2.75) is 0 Å². The molecule has 0 bridgehead atoms. The Morgan fingerprint density at radius 1 is 1.20 bits per heavy atom. The van der Waals surface area contributed by atoms with Gasteiger partial charge in [-0.05, 0) is 30.3 Å². The summed E-state index contributed by atoms with van der Waals surface area (Å²) >= 11 is 5.93. The Hall–Kier alpha value is -2.14. The molecule has 0 unspecified atom stereocenters. The molecule has 2 aromatic carbocycles. The van der Waals surface area contributed by atoms with Gasteiger partial charge in [0.2, 0.25) is 0 Å². The maximum absolute atomic E-state index is 13.7. The molecule has 0 aromatic heterocycles. The summed E-state index contributed by atoms with van der Waals surface area (Å²) in [5, 5.41) is 0.207. The second kappa shape index (κ2) is 5.46. The number of nitrogen functional groups attached to an aromatic ring is 1. The van der Waals surface area contributed by atoms with Crippen LogP contribution in [0.25, 0.3) is 0 Å². The number of nitrogens with zero attached hydrogens (tertiary/aromatic N) is 1. The SMILES string of the molecule is CN(C(=O)c1cc(N)ccc1Cl)c1ccc(F)cc1F. The molecule has 0 radical (unpaired) electrons. The smallest absolute Gasteiger partial charge is 0.259 e. The lowest BCUT2D eigenvalue weighted by atomic mass is 10.1. The molecule has 0 heterocycles. The molecule has 0 aliphatic rings. The molecule has 1 amide bonds. The summed E-state index contributed by atoms with van der Waals surface area (Å²) in [6, 6.07) is 7.41. The summed E-state index contributed by atoms with van der Waals surface area (Å²) in [6.07, 6.45) is 0. The van der Waals surface area contributed by atoms with E-state index >= 15 is 0 Å². The maximum Gasteiger partial charge on any atom is 0.259 e. The summed E-state index contributed by atoms with van der Waals surface area (Å²) in [5.74, 6) is -2.08. The number of nitrogens with two attached hydrogens (primary N) is 1. The molecule has 0 atom stereocenters. The van der Waals surface area contributed by atoms with Gasteiger partial charge in [-0.1, -0.05) is 11.6 Å². The van der Waals surface area contributed by atoms with Gasteiger partial charge in [0, 0.05) is 18.8 Å². The van der Waals surface area contributed by atoms with Crippen LogP contribution in [-0.4, -0.2) is 13.0 Å². The highest BCUT2D eigenvalue weighted by molar-refractivity contribution is 6.34. The van der Waals surface area contributed by atoms with E-state index in [1.54, 1.807) is 6.07 Å². The number of halogens is 3. The molecule has 2 N–H and O–H groups in total. The first kappa shape index (κ1) is 14.3. The molecule has 3 nitrogen and oxygen atoms in total. The Labute approximate surface area is 119 Å². The lowest BCUT2D eigenvalue weighted by Crippen LogP contribution is -2.27. The van der Waals surface area contributed by atoms with Crippen molar-refractivity contribution in [2.75, 3.05) is 17.7 Å². The van der Waals surface area contributed by atoms with E-state index in [0.717, 1.165) is 11.0 Å². The minimum Gasteiger partial charge on any atom is -0.399 e. The lowest BCUT2D eigenvalue weighted by molar-refractivity contribution is 0.0992. The maximum atomic E-state index is 13.7. The van der Waals surface area contributed by atoms with E-state index < -0.39 is 17.5 Å². The molecular formula is C14H11ClF2N2O. The molecule has 0 fully saturated rings. The van der Waals surface area contributed by atoms with Crippen molar-refractivity contribution in [3.63, 3.8) is 0 Å². The predicted octanol–water partition coefficient (Wildman–Crippen LogP) is 3.48. The van der Waals surface area contributed by atoms with Crippen molar-refractivity contribution in [1.29, 1.82) is 0 Å². The van der Waals surface area contributed by atoms with E-state index in [2.05, 4.69) is 0 Å². The number of hydrogen-bond acceptors (Lipinski definition) is 2. The van der Waals surface area contributed by atoms with Gasteiger partial charge in [-0.25, -0.2) is 8.78 Å². The average Bonchev–Trinajstić information content (AvgIpc) is 2.40. The highest BCUT2D eigenvalue weighted by Gasteiger charge is 2.19. The molecule has 0 spiro atoms. The zero-order valence-electron chi connectivity index (χ0n) is 10.5. The summed E-state index contributed by atoms with van der Waals surface area (Å²) in [4.78, 5) is 13.3. The number of anilines is 2. The number of hydrogen-bond donors (Lipinski definition) is 1.